The Bertz CT molecular complexity index is 110. The highest BCUT2D eigenvalue weighted by Gasteiger charge is 1.94. The van der Waals surface area contributed by atoms with E-state index in [1.807, 2.05) is 45.6 Å². The molecular weight excluding hydrogens is 280 g/mol. The molecule has 0 saturated heterocycles. The molecule has 0 aromatic carbocycles. The van der Waals surface area contributed by atoms with Gasteiger partial charge in [-0.15, -0.1) is 0 Å². The van der Waals surface area contributed by atoms with Crippen LogP contribution < -0.4 is 0 Å². The summed E-state index contributed by atoms with van der Waals surface area (Å²) >= 11 is 0. The number of rotatable bonds is 12. The second-order valence-electron chi connectivity index (χ2n) is 3.11. The van der Waals surface area contributed by atoms with Crippen LogP contribution in [0.5, 0.6) is 0 Å². The van der Waals surface area contributed by atoms with Crippen LogP contribution in [0.1, 0.15) is 12.8 Å². The zero-order valence-electron chi connectivity index (χ0n) is 9.70. The summed E-state index contributed by atoms with van der Waals surface area (Å²) in [5.74, 6) is 2.56. The van der Waals surface area contributed by atoms with Gasteiger partial charge in [0, 0.05) is 25.7 Å². The zero-order valence-corrected chi connectivity index (χ0v) is 15.0. The Kier molecular flexibility index (Phi) is 16.8. The number of hydrogen-bond donors (Lipinski definition) is 0. The number of hydrogen-bond acceptors (Lipinski definition) is 5. The molecular formula is C8H22O2S3Si2. The lowest BCUT2D eigenvalue weighted by Crippen LogP contribution is -1.92. The van der Waals surface area contributed by atoms with E-state index in [2.05, 4.69) is 0 Å². The molecule has 0 spiro atoms. The molecule has 0 unspecified atom stereocenters. The Morgan fingerprint density at radius 1 is 0.867 bits per heavy atom. The van der Waals surface area contributed by atoms with Gasteiger partial charge in [0.15, 0.2) is 19.5 Å². The largest absolute Gasteiger partial charge is 0.427 e. The lowest BCUT2D eigenvalue weighted by Gasteiger charge is -2.00. The van der Waals surface area contributed by atoms with E-state index in [1.165, 1.54) is 36.4 Å². The lowest BCUT2D eigenvalue weighted by molar-refractivity contribution is 0.440. The summed E-state index contributed by atoms with van der Waals surface area (Å²) in [4.78, 5) is 0. The third-order valence-corrected chi connectivity index (χ3v) is 8.55. The molecule has 0 aliphatic rings. The van der Waals surface area contributed by atoms with E-state index in [-0.39, 0.29) is 19.5 Å². The van der Waals surface area contributed by atoms with Gasteiger partial charge in [-0.3, -0.25) is 0 Å². The minimum atomic E-state index is -0.171. The van der Waals surface area contributed by atoms with Crippen molar-refractivity contribution in [3.05, 3.63) is 0 Å². The van der Waals surface area contributed by atoms with Gasteiger partial charge in [-0.05, 0) is 34.8 Å². The first kappa shape index (κ1) is 16.4. The second kappa shape index (κ2) is 15.4. The Labute approximate surface area is 110 Å². The van der Waals surface area contributed by atoms with Crippen LogP contribution in [-0.2, 0) is 8.85 Å². The van der Waals surface area contributed by atoms with Gasteiger partial charge < -0.3 is 8.85 Å². The first-order valence-electron chi connectivity index (χ1n) is 5.30. The minimum absolute atomic E-state index is 0.171. The molecule has 0 aliphatic heterocycles. The molecule has 15 heavy (non-hydrogen) atoms. The fourth-order valence-corrected chi connectivity index (χ4v) is 7.13. The van der Waals surface area contributed by atoms with E-state index >= 15 is 0 Å². The van der Waals surface area contributed by atoms with E-state index in [0.29, 0.717) is 0 Å². The Morgan fingerprint density at radius 2 is 1.33 bits per heavy atom. The van der Waals surface area contributed by atoms with Crippen molar-refractivity contribution in [2.75, 3.05) is 25.7 Å². The van der Waals surface area contributed by atoms with E-state index < -0.39 is 0 Å². The van der Waals surface area contributed by atoms with Crippen LogP contribution in [0.3, 0.4) is 0 Å². The van der Waals surface area contributed by atoms with E-state index in [9.17, 15) is 0 Å². The Hall–Kier alpha value is 1.40. The maximum absolute atomic E-state index is 5.13. The fraction of sp³-hybridized carbons (Fsp3) is 1.00. The second-order valence-corrected chi connectivity index (χ2v) is 11.0. The van der Waals surface area contributed by atoms with E-state index in [4.69, 9.17) is 8.85 Å². The summed E-state index contributed by atoms with van der Waals surface area (Å²) in [5, 5.41) is 0. The van der Waals surface area contributed by atoms with Gasteiger partial charge in [-0.1, -0.05) is 21.6 Å². The third kappa shape index (κ3) is 15.4. The molecule has 0 aromatic heterocycles. The highest BCUT2D eigenvalue weighted by molar-refractivity contribution is 9.09. The molecule has 92 valence electrons. The molecule has 0 fully saturated rings. The highest BCUT2D eigenvalue weighted by atomic mass is 33.5. The average Bonchev–Trinajstić information content (AvgIpc) is 2.26. The lowest BCUT2D eigenvalue weighted by atomic mass is 10.6. The summed E-state index contributed by atoms with van der Waals surface area (Å²) < 4.78 is 10.3. The summed E-state index contributed by atoms with van der Waals surface area (Å²) in [7, 11) is 9.25. The predicted octanol–water partition coefficient (Wildman–Crippen LogP) is 2.09. The molecule has 0 atom stereocenters. The van der Waals surface area contributed by atoms with Gasteiger partial charge >= 0.3 is 0 Å². The van der Waals surface area contributed by atoms with Crippen LogP contribution in [-0.4, -0.2) is 45.3 Å². The van der Waals surface area contributed by atoms with Crippen LogP contribution in [0.25, 0.3) is 0 Å². The Morgan fingerprint density at radius 3 is 1.73 bits per heavy atom. The van der Waals surface area contributed by atoms with Crippen LogP contribution in [0, 0.1) is 0 Å². The van der Waals surface area contributed by atoms with Crippen molar-refractivity contribution in [1.82, 2.24) is 0 Å². The highest BCUT2D eigenvalue weighted by Crippen LogP contribution is 2.35. The van der Waals surface area contributed by atoms with Gasteiger partial charge in [-0.2, -0.15) is 0 Å². The predicted molar refractivity (Wildman–Crippen MR) is 82.5 cm³/mol. The molecule has 2 nitrogen and oxygen atoms in total. The first-order chi connectivity index (χ1) is 7.41. The minimum Gasteiger partial charge on any atom is -0.427 e. The molecule has 7 heteroatoms. The summed E-state index contributed by atoms with van der Waals surface area (Å²) in [6.45, 7) is 0. The maximum Gasteiger partial charge on any atom is 0.161 e. The van der Waals surface area contributed by atoms with Crippen LogP contribution in [0.15, 0.2) is 0 Å². The third-order valence-electron chi connectivity index (χ3n) is 1.75. The summed E-state index contributed by atoms with van der Waals surface area (Å²) in [5.41, 5.74) is 0. The molecule has 0 aliphatic carbocycles. The van der Waals surface area contributed by atoms with Crippen molar-refractivity contribution in [1.29, 1.82) is 0 Å². The Balaban J connectivity index is 2.81. The molecule has 0 radical (unpaired) electrons. The maximum atomic E-state index is 5.13. The van der Waals surface area contributed by atoms with Gasteiger partial charge in [0.05, 0.1) is 0 Å². The van der Waals surface area contributed by atoms with Crippen molar-refractivity contribution in [3.63, 3.8) is 0 Å². The van der Waals surface area contributed by atoms with E-state index in [1.54, 1.807) is 0 Å². The summed E-state index contributed by atoms with van der Waals surface area (Å²) in [6, 6.07) is 2.66. The molecule has 0 rings (SSSR count). The van der Waals surface area contributed by atoms with Crippen molar-refractivity contribution >= 4 is 50.9 Å². The van der Waals surface area contributed by atoms with Gasteiger partial charge in [0.2, 0.25) is 0 Å². The van der Waals surface area contributed by atoms with Gasteiger partial charge in [0.1, 0.15) is 0 Å². The topological polar surface area (TPSA) is 18.5 Å². The molecule has 0 heterocycles. The summed E-state index contributed by atoms with van der Waals surface area (Å²) in [6.07, 6.45) is 2.66. The van der Waals surface area contributed by atoms with Crippen molar-refractivity contribution < 1.29 is 8.85 Å². The molecule has 0 aromatic rings. The molecule has 0 saturated carbocycles. The van der Waals surface area contributed by atoms with Crippen LogP contribution in [0.2, 0.25) is 12.1 Å². The van der Waals surface area contributed by atoms with Crippen LogP contribution in [0.4, 0.5) is 0 Å². The standard InChI is InChI=1S/C8H22O2S3Si2/c1-9-14-7-3-5-11-13-12-6-4-8-15-10-2/h3-8,14-15H2,1-2H3. The first-order valence-corrected chi connectivity index (χ1v) is 12.3. The quantitative estimate of drug-likeness (QED) is 0.311. The van der Waals surface area contributed by atoms with E-state index in [0.717, 1.165) is 0 Å². The average molecular weight is 303 g/mol. The molecule has 0 N–H and O–H groups in total. The smallest absolute Gasteiger partial charge is 0.161 e. The zero-order chi connectivity index (χ0) is 11.2. The normalized spacial score (nSPS) is 12.4. The monoisotopic (exact) mass is 302 g/mol. The van der Waals surface area contributed by atoms with Crippen LogP contribution >= 0.6 is 31.4 Å². The SMILES string of the molecule is CO[SiH2]CCCSSSCCC[SiH2]OC. The van der Waals surface area contributed by atoms with Crippen molar-refractivity contribution in [3.8, 4) is 0 Å². The molecule has 0 amide bonds. The molecule has 0 bridgehead atoms. The fourth-order valence-electron chi connectivity index (χ4n) is 0.917. The van der Waals surface area contributed by atoms with Gasteiger partial charge in [0.25, 0.3) is 0 Å². The van der Waals surface area contributed by atoms with Crippen molar-refractivity contribution in [2.24, 2.45) is 0 Å². The van der Waals surface area contributed by atoms with Crippen molar-refractivity contribution in [2.45, 2.75) is 24.9 Å². The van der Waals surface area contributed by atoms with Gasteiger partial charge in [-0.25, -0.2) is 0 Å².